The van der Waals surface area contributed by atoms with Crippen LogP contribution in [0.4, 0.5) is 5.82 Å². The number of aromatic nitrogens is 2. The van der Waals surface area contributed by atoms with Crippen molar-refractivity contribution in [2.45, 2.75) is 6.54 Å². The number of methoxy groups -OCH3 is 1. The van der Waals surface area contributed by atoms with Crippen molar-refractivity contribution in [3.63, 3.8) is 0 Å². The standard InChI is InChI=1S/C20H16ClN3O3/c1-25-14-7-8-18-17(11-14)19(22-12-16-6-3-9-26-16)24-20(23-18)27-15-5-2-4-13(21)10-15/h2-11H,12H2,1H3,(H,22,23,24). The maximum atomic E-state index is 6.02. The van der Waals surface area contributed by atoms with Crippen LogP contribution in [0.1, 0.15) is 5.76 Å². The lowest BCUT2D eigenvalue weighted by atomic mass is 10.2. The molecule has 0 amide bonds. The Labute approximate surface area is 160 Å². The highest BCUT2D eigenvalue weighted by atomic mass is 35.5. The second-order valence-corrected chi connectivity index (χ2v) is 6.17. The first-order valence-electron chi connectivity index (χ1n) is 8.27. The molecule has 27 heavy (non-hydrogen) atoms. The molecule has 2 aromatic heterocycles. The van der Waals surface area contributed by atoms with Crippen molar-refractivity contribution in [1.82, 2.24) is 9.97 Å². The highest BCUT2D eigenvalue weighted by Crippen LogP contribution is 2.29. The molecule has 0 fully saturated rings. The molecule has 0 spiro atoms. The second kappa shape index (κ2) is 7.55. The molecular weight excluding hydrogens is 366 g/mol. The van der Waals surface area contributed by atoms with Crippen molar-refractivity contribution < 1.29 is 13.9 Å². The Morgan fingerprint density at radius 1 is 1.04 bits per heavy atom. The highest BCUT2D eigenvalue weighted by molar-refractivity contribution is 6.30. The largest absolute Gasteiger partial charge is 0.497 e. The van der Waals surface area contributed by atoms with E-state index in [1.54, 1.807) is 37.6 Å². The van der Waals surface area contributed by atoms with Crippen LogP contribution in [-0.2, 0) is 6.54 Å². The number of nitrogens with one attached hydrogen (secondary N) is 1. The van der Waals surface area contributed by atoms with Crippen molar-refractivity contribution in [3.8, 4) is 17.5 Å². The number of anilines is 1. The summed E-state index contributed by atoms with van der Waals surface area (Å²) < 4.78 is 16.5. The summed E-state index contributed by atoms with van der Waals surface area (Å²) in [7, 11) is 1.62. The lowest BCUT2D eigenvalue weighted by molar-refractivity contribution is 0.415. The number of nitrogens with zero attached hydrogens (tertiary/aromatic N) is 2. The van der Waals surface area contributed by atoms with Crippen LogP contribution in [0.25, 0.3) is 10.9 Å². The molecule has 0 atom stereocenters. The molecule has 2 aromatic carbocycles. The predicted octanol–water partition coefficient (Wildman–Crippen LogP) is 5.29. The highest BCUT2D eigenvalue weighted by Gasteiger charge is 2.11. The lowest BCUT2D eigenvalue weighted by Crippen LogP contribution is -2.04. The molecule has 0 aliphatic rings. The summed E-state index contributed by atoms with van der Waals surface area (Å²) in [5.41, 5.74) is 0.727. The van der Waals surface area contributed by atoms with E-state index in [2.05, 4.69) is 15.3 Å². The van der Waals surface area contributed by atoms with Crippen LogP contribution < -0.4 is 14.8 Å². The number of furan rings is 1. The van der Waals surface area contributed by atoms with Gasteiger partial charge in [-0.3, -0.25) is 0 Å². The van der Waals surface area contributed by atoms with Crippen LogP contribution in [0.5, 0.6) is 17.5 Å². The van der Waals surface area contributed by atoms with Crippen molar-refractivity contribution in [2.24, 2.45) is 0 Å². The van der Waals surface area contributed by atoms with Gasteiger partial charge in [0, 0.05) is 10.4 Å². The van der Waals surface area contributed by atoms with Crippen LogP contribution in [0, 0.1) is 0 Å². The number of rotatable bonds is 6. The van der Waals surface area contributed by atoms with Crippen molar-refractivity contribution in [1.29, 1.82) is 0 Å². The van der Waals surface area contributed by atoms with E-state index < -0.39 is 0 Å². The van der Waals surface area contributed by atoms with Gasteiger partial charge in [-0.2, -0.15) is 9.97 Å². The summed E-state index contributed by atoms with van der Waals surface area (Å²) in [6.07, 6.45) is 1.63. The maximum Gasteiger partial charge on any atom is 0.324 e. The Balaban J connectivity index is 1.71. The van der Waals surface area contributed by atoms with Crippen molar-refractivity contribution in [3.05, 3.63) is 71.6 Å². The Bertz CT molecular complexity index is 1070. The number of hydrogen-bond acceptors (Lipinski definition) is 6. The number of benzene rings is 2. The molecule has 0 aliphatic heterocycles. The molecule has 0 aliphatic carbocycles. The summed E-state index contributed by atoms with van der Waals surface area (Å²) in [6, 6.07) is 16.6. The quantitative estimate of drug-likeness (QED) is 0.489. The van der Waals surface area contributed by atoms with Crippen LogP contribution in [-0.4, -0.2) is 17.1 Å². The fourth-order valence-corrected chi connectivity index (χ4v) is 2.79. The van der Waals surface area contributed by atoms with Gasteiger partial charge in [0.25, 0.3) is 0 Å². The average molecular weight is 382 g/mol. The molecule has 4 aromatic rings. The van der Waals surface area contributed by atoms with E-state index in [9.17, 15) is 0 Å². The second-order valence-electron chi connectivity index (χ2n) is 5.73. The van der Waals surface area contributed by atoms with Crippen molar-refractivity contribution >= 4 is 28.3 Å². The van der Waals surface area contributed by atoms with E-state index in [0.29, 0.717) is 23.1 Å². The minimum atomic E-state index is 0.219. The average Bonchev–Trinajstić information content (AvgIpc) is 3.19. The van der Waals surface area contributed by atoms with E-state index in [1.165, 1.54) is 0 Å². The minimum Gasteiger partial charge on any atom is -0.497 e. The third-order valence-electron chi connectivity index (χ3n) is 3.90. The fraction of sp³-hybridized carbons (Fsp3) is 0.100. The van der Waals surface area contributed by atoms with E-state index in [0.717, 1.165) is 22.4 Å². The van der Waals surface area contributed by atoms with Crippen LogP contribution in [0.15, 0.2) is 65.3 Å². The van der Waals surface area contributed by atoms with E-state index in [1.807, 2.05) is 30.3 Å². The fourth-order valence-electron chi connectivity index (χ4n) is 2.61. The monoisotopic (exact) mass is 381 g/mol. The van der Waals surface area contributed by atoms with Gasteiger partial charge in [0.15, 0.2) is 0 Å². The first-order valence-corrected chi connectivity index (χ1v) is 8.64. The predicted molar refractivity (Wildman–Crippen MR) is 104 cm³/mol. The topological polar surface area (TPSA) is 69.4 Å². The molecule has 0 radical (unpaired) electrons. The van der Waals surface area contributed by atoms with Gasteiger partial charge >= 0.3 is 6.01 Å². The van der Waals surface area contributed by atoms with Gasteiger partial charge in [-0.15, -0.1) is 0 Å². The van der Waals surface area contributed by atoms with Gasteiger partial charge in [-0.25, -0.2) is 0 Å². The van der Waals surface area contributed by atoms with Gasteiger partial charge in [0.2, 0.25) is 0 Å². The molecule has 0 unspecified atom stereocenters. The van der Waals surface area contributed by atoms with E-state index in [4.69, 9.17) is 25.5 Å². The summed E-state index contributed by atoms with van der Waals surface area (Å²) in [4.78, 5) is 9.00. The number of halogens is 1. The van der Waals surface area contributed by atoms with Gasteiger partial charge < -0.3 is 19.2 Å². The third kappa shape index (κ3) is 3.96. The number of fused-ring (bicyclic) bond motifs is 1. The van der Waals surface area contributed by atoms with Gasteiger partial charge in [0.1, 0.15) is 23.1 Å². The molecular formula is C20H16ClN3O3. The third-order valence-corrected chi connectivity index (χ3v) is 4.13. The molecule has 1 N–H and O–H groups in total. The number of hydrogen-bond donors (Lipinski definition) is 1. The van der Waals surface area contributed by atoms with Crippen LogP contribution in [0.3, 0.4) is 0 Å². The summed E-state index contributed by atoms with van der Waals surface area (Å²) in [5, 5.41) is 4.67. The van der Waals surface area contributed by atoms with Crippen LogP contribution >= 0.6 is 11.6 Å². The molecule has 136 valence electrons. The zero-order chi connectivity index (χ0) is 18.6. The van der Waals surface area contributed by atoms with Gasteiger partial charge in [-0.1, -0.05) is 17.7 Å². The van der Waals surface area contributed by atoms with Crippen LogP contribution in [0.2, 0.25) is 5.02 Å². The summed E-state index contributed by atoms with van der Waals surface area (Å²) in [5.74, 6) is 2.69. The Morgan fingerprint density at radius 3 is 2.74 bits per heavy atom. The van der Waals surface area contributed by atoms with E-state index in [-0.39, 0.29) is 6.01 Å². The first-order chi connectivity index (χ1) is 13.2. The zero-order valence-corrected chi connectivity index (χ0v) is 15.2. The Kier molecular flexibility index (Phi) is 4.80. The molecule has 2 heterocycles. The summed E-state index contributed by atoms with van der Waals surface area (Å²) in [6.45, 7) is 0.479. The molecule has 0 saturated carbocycles. The normalized spacial score (nSPS) is 10.7. The SMILES string of the molecule is COc1ccc2nc(Oc3cccc(Cl)c3)nc(NCc3ccco3)c2c1. The summed E-state index contributed by atoms with van der Waals surface area (Å²) >= 11 is 6.02. The minimum absolute atomic E-state index is 0.219. The zero-order valence-electron chi connectivity index (χ0n) is 14.5. The molecule has 6 nitrogen and oxygen atoms in total. The lowest BCUT2D eigenvalue weighted by Gasteiger charge is -2.11. The molecule has 0 bridgehead atoms. The van der Waals surface area contributed by atoms with Crippen molar-refractivity contribution in [2.75, 3.05) is 12.4 Å². The maximum absolute atomic E-state index is 6.02. The number of ether oxygens (including phenoxy) is 2. The molecule has 0 saturated heterocycles. The first kappa shape index (κ1) is 17.2. The smallest absolute Gasteiger partial charge is 0.324 e. The van der Waals surface area contributed by atoms with Gasteiger partial charge in [-0.05, 0) is 48.5 Å². The molecule has 7 heteroatoms. The molecule has 4 rings (SSSR count). The van der Waals surface area contributed by atoms with E-state index >= 15 is 0 Å². The Morgan fingerprint density at radius 2 is 1.96 bits per heavy atom. The Hall–Kier alpha value is -3.25. The van der Waals surface area contributed by atoms with Gasteiger partial charge in [0.05, 0.1) is 25.4 Å².